The van der Waals surface area contributed by atoms with Crippen molar-refractivity contribution in [2.45, 2.75) is 46.6 Å². The number of carbonyl (C=O) groups excluding carboxylic acids is 2. The summed E-state index contributed by atoms with van der Waals surface area (Å²) in [5.74, 6) is 0.129. The van der Waals surface area contributed by atoms with Gasteiger partial charge in [-0.25, -0.2) is 5.43 Å². The number of nitrogens with one attached hydrogen (secondary N) is 2. The van der Waals surface area contributed by atoms with Gasteiger partial charge in [0.25, 0.3) is 0 Å². The van der Waals surface area contributed by atoms with Crippen molar-refractivity contribution < 1.29 is 9.59 Å². The highest BCUT2D eigenvalue weighted by Crippen LogP contribution is 2.01. The van der Waals surface area contributed by atoms with Crippen molar-refractivity contribution in [1.29, 1.82) is 0 Å². The molecule has 0 fully saturated rings. The lowest BCUT2D eigenvalue weighted by molar-refractivity contribution is -0.126. The summed E-state index contributed by atoms with van der Waals surface area (Å²) in [6.07, 6.45) is 1.15. The molecule has 0 saturated carbocycles. The van der Waals surface area contributed by atoms with Gasteiger partial charge in [-0.15, -0.1) is 0 Å². The summed E-state index contributed by atoms with van der Waals surface area (Å²) in [6, 6.07) is 9.66. The summed E-state index contributed by atoms with van der Waals surface area (Å²) in [6.45, 7) is 6.55. The highest BCUT2D eigenvalue weighted by molar-refractivity contribution is 5.86. The second kappa shape index (κ2) is 9.71. The summed E-state index contributed by atoms with van der Waals surface area (Å²) >= 11 is 0. The predicted octanol–water partition coefficient (Wildman–Crippen LogP) is 2.62. The lowest BCUT2D eigenvalue weighted by Crippen LogP contribution is -2.26. The van der Waals surface area contributed by atoms with Crippen molar-refractivity contribution >= 4 is 17.5 Å². The van der Waals surface area contributed by atoms with Crippen molar-refractivity contribution in [2.75, 3.05) is 0 Å². The largest absolute Gasteiger partial charge is 0.352 e. The van der Waals surface area contributed by atoms with Crippen LogP contribution in [0.2, 0.25) is 0 Å². The minimum Gasteiger partial charge on any atom is -0.352 e. The lowest BCUT2D eigenvalue weighted by Gasteiger charge is -2.06. The van der Waals surface area contributed by atoms with Crippen LogP contribution in [0.1, 0.15) is 45.6 Å². The molecule has 5 nitrogen and oxygen atoms in total. The van der Waals surface area contributed by atoms with Crippen LogP contribution in [0.15, 0.2) is 35.4 Å². The van der Waals surface area contributed by atoms with Crippen LogP contribution in [0.5, 0.6) is 0 Å². The summed E-state index contributed by atoms with van der Waals surface area (Å²) < 4.78 is 0. The van der Waals surface area contributed by atoms with E-state index in [0.717, 1.165) is 17.7 Å². The molecule has 0 aliphatic carbocycles. The first-order valence-corrected chi connectivity index (χ1v) is 7.60. The number of nitrogens with zero attached hydrogens (tertiary/aromatic N) is 1. The van der Waals surface area contributed by atoms with Gasteiger partial charge in [-0.05, 0) is 24.8 Å². The van der Waals surface area contributed by atoms with Gasteiger partial charge >= 0.3 is 0 Å². The molecule has 5 heteroatoms. The Bertz CT molecular complexity index is 510. The molecule has 0 radical (unpaired) electrons. The van der Waals surface area contributed by atoms with Crippen LogP contribution < -0.4 is 10.7 Å². The van der Waals surface area contributed by atoms with Gasteiger partial charge in [-0.1, -0.05) is 44.2 Å². The molecule has 0 unspecified atom stereocenters. The first kappa shape index (κ1) is 17.9. The Kier molecular flexibility index (Phi) is 7.89. The van der Waals surface area contributed by atoms with Crippen LogP contribution in [-0.4, -0.2) is 17.5 Å². The van der Waals surface area contributed by atoms with Gasteiger partial charge in [0.1, 0.15) is 0 Å². The Labute approximate surface area is 132 Å². The molecule has 0 aliphatic heterocycles. The highest BCUT2D eigenvalue weighted by atomic mass is 16.2. The molecule has 0 spiro atoms. The number of rotatable bonds is 8. The second-order valence-corrected chi connectivity index (χ2v) is 5.74. The molecule has 120 valence electrons. The number of hydrogen-bond acceptors (Lipinski definition) is 3. The van der Waals surface area contributed by atoms with Crippen LogP contribution in [0.4, 0.5) is 0 Å². The third kappa shape index (κ3) is 8.19. The fraction of sp³-hybridized carbons (Fsp3) is 0.471. The van der Waals surface area contributed by atoms with E-state index in [1.165, 1.54) is 0 Å². The Morgan fingerprint density at radius 2 is 1.73 bits per heavy atom. The van der Waals surface area contributed by atoms with E-state index in [2.05, 4.69) is 29.7 Å². The molecule has 0 aliphatic rings. The third-order valence-corrected chi connectivity index (χ3v) is 2.99. The van der Waals surface area contributed by atoms with Crippen molar-refractivity contribution in [3.05, 3.63) is 35.9 Å². The average molecular weight is 303 g/mol. The number of hydrazone groups is 1. The first-order valence-electron chi connectivity index (χ1n) is 7.60. The van der Waals surface area contributed by atoms with Gasteiger partial charge < -0.3 is 5.32 Å². The number of hydrogen-bond donors (Lipinski definition) is 2. The average Bonchev–Trinajstić information content (AvgIpc) is 2.49. The zero-order valence-corrected chi connectivity index (χ0v) is 13.6. The minimum absolute atomic E-state index is 0.137. The van der Waals surface area contributed by atoms with E-state index in [-0.39, 0.29) is 24.7 Å². The molecule has 0 bridgehead atoms. The van der Waals surface area contributed by atoms with E-state index in [1.54, 1.807) is 0 Å². The molecule has 0 aromatic heterocycles. The van der Waals surface area contributed by atoms with Crippen molar-refractivity contribution in [3.63, 3.8) is 0 Å². The maximum absolute atomic E-state index is 11.7. The number of amides is 2. The first-order chi connectivity index (χ1) is 10.5. The highest BCUT2D eigenvalue weighted by Gasteiger charge is 2.06. The van der Waals surface area contributed by atoms with Crippen LogP contribution in [0.3, 0.4) is 0 Å². The summed E-state index contributed by atoms with van der Waals surface area (Å²) in [7, 11) is 0. The molecule has 1 aromatic rings. The van der Waals surface area contributed by atoms with Gasteiger partial charge in [0.2, 0.25) is 11.8 Å². The fourth-order valence-corrected chi connectivity index (χ4v) is 1.96. The Hall–Kier alpha value is -2.17. The molecule has 2 amide bonds. The molecule has 1 rings (SSSR count). The molecule has 0 heterocycles. The summed E-state index contributed by atoms with van der Waals surface area (Å²) in [5, 5.41) is 6.81. The van der Waals surface area contributed by atoms with Gasteiger partial charge in [0, 0.05) is 25.1 Å². The van der Waals surface area contributed by atoms with E-state index < -0.39 is 0 Å². The monoisotopic (exact) mass is 303 g/mol. The number of carbonyl (C=O) groups is 2. The Balaban J connectivity index is 2.22. The second-order valence-electron chi connectivity index (χ2n) is 5.74. The van der Waals surface area contributed by atoms with E-state index >= 15 is 0 Å². The van der Waals surface area contributed by atoms with Crippen molar-refractivity contribution in [2.24, 2.45) is 11.0 Å². The standard InChI is InChI=1S/C17H25N3O2/c1-13(2)11-14(3)19-20-17(22)10-9-16(21)18-12-15-7-5-4-6-8-15/h4-8,13H,9-12H2,1-3H3,(H,18,21)(H,20,22). The van der Waals surface area contributed by atoms with Crippen molar-refractivity contribution in [3.8, 4) is 0 Å². The van der Waals surface area contributed by atoms with Crippen LogP contribution >= 0.6 is 0 Å². The zero-order valence-electron chi connectivity index (χ0n) is 13.6. The van der Waals surface area contributed by atoms with Gasteiger partial charge in [0.15, 0.2) is 0 Å². The third-order valence-electron chi connectivity index (χ3n) is 2.99. The minimum atomic E-state index is -0.238. The van der Waals surface area contributed by atoms with Crippen LogP contribution in [0.25, 0.3) is 0 Å². The Morgan fingerprint density at radius 3 is 2.36 bits per heavy atom. The quantitative estimate of drug-likeness (QED) is 0.572. The van der Waals surface area contributed by atoms with E-state index in [4.69, 9.17) is 0 Å². The molecule has 0 saturated heterocycles. The fourth-order valence-electron chi connectivity index (χ4n) is 1.96. The molecule has 0 atom stereocenters. The predicted molar refractivity (Wildman–Crippen MR) is 88.2 cm³/mol. The smallest absolute Gasteiger partial charge is 0.240 e. The topological polar surface area (TPSA) is 70.6 Å². The molecular weight excluding hydrogens is 278 g/mol. The molecule has 2 N–H and O–H groups in total. The van der Waals surface area contributed by atoms with Gasteiger partial charge in [0.05, 0.1) is 0 Å². The maximum Gasteiger partial charge on any atom is 0.240 e. The number of benzene rings is 1. The molecular formula is C17H25N3O2. The van der Waals surface area contributed by atoms with Gasteiger partial charge in [-0.2, -0.15) is 5.10 Å². The zero-order chi connectivity index (χ0) is 16.4. The van der Waals surface area contributed by atoms with Crippen LogP contribution in [-0.2, 0) is 16.1 Å². The molecule has 1 aromatic carbocycles. The van der Waals surface area contributed by atoms with E-state index in [1.807, 2.05) is 37.3 Å². The summed E-state index contributed by atoms with van der Waals surface area (Å²) in [4.78, 5) is 23.3. The SMILES string of the molecule is CC(CC(C)C)=NNC(=O)CCC(=O)NCc1ccccc1. The lowest BCUT2D eigenvalue weighted by atomic mass is 10.1. The van der Waals surface area contributed by atoms with Gasteiger partial charge in [-0.3, -0.25) is 9.59 Å². The normalized spacial score (nSPS) is 11.4. The Morgan fingerprint density at radius 1 is 1.09 bits per heavy atom. The van der Waals surface area contributed by atoms with Crippen molar-refractivity contribution in [1.82, 2.24) is 10.7 Å². The van der Waals surface area contributed by atoms with E-state index in [9.17, 15) is 9.59 Å². The summed E-state index contributed by atoms with van der Waals surface area (Å²) in [5.41, 5.74) is 4.41. The maximum atomic E-state index is 11.7. The molecule has 22 heavy (non-hydrogen) atoms. The van der Waals surface area contributed by atoms with Crippen LogP contribution in [0, 0.1) is 5.92 Å². The van der Waals surface area contributed by atoms with E-state index in [0.29, 0.717) is 12.5 Å².